The van der Waals surface area contributed by atoms with Crippen LogP contribution in [0, 0.1) is 0 Å². The van der Waals surface area contributed by atoms with Crippen LogP contribution in [0.5, 0.6) is 0 Å². The Bertz CT molecular complexity index is 252. The fraction of sp³-hybridized carbons (Fsp3) is 1.00. The summed E-state index contributed by atoms with van der Waals surface area (Å²) in [5.74, 6) is 0. The van der Waals surface area contributed by atoms with Gasteiger partial charge in [0.15, 0.2) is 0 Å². The Morgan fingerprint density at radius 1 is 1.06 bits per heavy atom. The molecule has 0 bridgehead atoms. The quantitative estimate of drug-likeness (QED) is 0.407. The van der Waals surface area contributed by atoms with Crippen molar-refractivity contribution in [1.82, 2.24) is 4.90 Å². The molecule has 0 aromatic rings. The van der Waals surface area contributed by atoms with Crippen molar-refractivity contribution in [1.29, 1.82) is 0 Å². The number of hydrogen-bond donors (Lipinski definition) is 5. The first-order valence-electron chi connectivity index (χ1n) is 4.80. The fourth-order valence-electron chi connectivity index (χ4n) is 0.861. The predicted octanol–water partition coefficient (Wildman–Crippen LogP) is -0.525. The zero-order valence-electron chi connectivity index (χ0n) is 9.76. The molecule has 0 rings (SSSR count). The predicted molar refractivity (Wildman–Crippen MR) is 62.0 cm³/mol. The van der Waals surface area contributed by atoms with E-state index in [4.69, 9.17) is 25.3 Å². The Morgan fingerprint density at radius 3 is 1.47 bits per heavy atom. The van der Waals surface area contributed by atoms with Crippen LogP contribution in [0.25, 0.3) is 0 Å². The lowest BCUT2D eigenvalue weighted by Crippen LogP contribution is -2.28. The van der Waals surface area contributed by atoms with Gasteiger partial charge in [-0.15, -0.1) is 0 Å². The first-order valence-corrected chi connectivity index (χ1v) is 7.86. The van der Waals surface area contributed by atoms with Crippen LogP contribution in [0.3, 0.4) is 0 Å². The molecular weight excluding hydrogens is 274 g/mol. The van der Waals surface area contributed by atoms with Crippen LogP contribution in [0.4, 0.5) is 0 Å². The third kappa shape index (κ3) is 18.7. The Balaban J connectivity index is 0. The smallest absolute Gasteiger partial charge is 0.329 e. The summed E-state index contributed by atoms with van der Waals surface area (Å²) in [6.07, 6.45) is 0. The maximum Gasteiger partial charge on any atom is 0.478 e. The topological polar surface area (TPSA) is 154 Å². The Hall–Kier alpha value is 0.180. The van der Waals surface area contributed by atoms with Crippen LogP contribution in [0.2, 0.25) is 0 Å². The van der Waals surface area contributed by atoms with Gasteiger partial charge in [-0.3, -0.25) is 0 Å². The average Bonchev–Trinajstić information content (AvgIpc) is 2.09. The summed E-state index contributed by atoms with van der Waals surface area (Å²) >= 11 is 0. The van der Waals surface area contributed by atoms with E-state index in [1.165, 1.54) is 0 Å². The second-order valence-electron chi connectivity index (χ2n) is 2.88. The van der Waals surface area contributed by atoms with Gasteiger partial charge >= 0.3 is 15.6 Å². The third-order valence-corrected chi connectivity index (χ3v) is 3.25. The van der Waals surface area contributed by atoms with Crippen molar-refractivity contribution in [3.63, 3.8) is 0 Å². The number of nitrogens with zero attached hydrogens (tertiary/aromatic N) is 1. The van der Waals surface area contributed by atoms with Crippen LogP contribution < -0.4 is 5.73 Å². The van der Waals surface area contributed by atoms with Gasteiger partial charge in [0, 0.05) is 13.1 Å². The Kier molecular flexibility index (Phi) is 10.5. The van der Waals surface area contributed by atoms with Crippen LogP contribution in [0.1, 0.15) is 13.8 Å². The molecule has 11 heteroatoms. The minimum Gasteiger partial charge on any atom is -0.329 e. The Morgan fingerprint density at radius 2 is 1.41 bits per heavy atom. The molecule has 0 aromatic heterocycles. The molecule has 0 aliphatic carbocycles. The molecule has 0 atom stereocenters. The molecule has 0 fully saturated rings. The van der Waals surface area contributed by atoms with Crippen molar-refractivity contribution in [2.24, 2.45) is 5.73 Å². The molecule has 17 heavy (non-hydrogen) atoms. The van der Waals surface area contributed by atoms with E-state index in [-0.39, 0.29) is 0 Å². The minimum atomic E-state index is -5.05. The molecule has 0 aromatic carbocycles. The lowest BCUT2D eigenvalue weighted by Gasteiger charge is -2.15. The molecule has 0 aliphatic heterocycles. The molecule has 0 unspecified atom stereocenters. The van der Waals surface area contributed by atoms with Crippen LogP contribution >= 0.6 is 15.6 Å². The fourth-order valence-corrected chi connectivity index (χ4v) is 1.97. The number of hydrogen-bond acceptors (Lipinski definition) is 5. The molecule has 0 saturated carbocycles. The van der Waals surface area contributed by atoms with E-state index in [0.717, 1.165) is 26.2 Å². The summed E-state index contributed by atoms with van der Waals surface area (Å²) in [5, 5.41) is 0. The summed E-state index contributed by atoms with van der Waals surface area (Å²) in [5.41, 5.74) is 5.34. The molecule has 9 nitrogen and oxygen atoms in total. The van der Waals surface area contributed by atoms with Crippen molar-refractivity contribution in [2.75, 3.05) is 26.2 Å². The first kappa shape index (κ1) is 19.5. The highest BCUT2D eigenvalue weighted by atomic mass is 31.3. The van der Waals surface area contributed by atoms with Crippen molar-refractivity contribution < 1.29 is 33.0 Å². The van der Waals surface area contributed by atoms with E-state index in [1.54, 1.807) is 0 Å². The van der Waals surface area contributed by atoms with E-state index in [1.807, 2.05) is 0 Å². The van der Waals surface area contributed by atoms with Crippen LogP contribution in [-0.4, -0.2) is 50.7 Å². The maximum absolute atomic E-state index is 9.63. The van der Waals surface area contributed by atoms with Crippen molar-refractivity contribution in [2.45, 2.75) is 13.8 Å². The van der Waals surface area contributed by atoms with Crippen LogP contribution in [-0.2, 0) is 13.4 Å². The maximum atomic E-state index is 9.63. The van der Waals surface area contributed by atoms with Gasteiger partial charge < -0.3 is 30.2 Å². The number of rotatable bonds is 6. The van der Waals surface area contributed by atoms with E-state index < -0.39 is 15.6 Å². The molecule has 106 valence electrons. The lowest BCUT2D eigenvalue weighted by atomic mass is 10.5. The van der Waals surface area contributed by atoms with Gasteiger partial charge in [0.05, 0.1) is 0 Å². The number of phosphoric acid groups is 2. The van der Waals surface area contributed by atoms with E-state index in [0.29, 0.717) is 0 Å². The van der Waals surface area contributed by atoms with Gasteiger partial charge in [-0.05, 0) is 13.1 Å². The normalized spacial score (nSPS) is 12.2. The summed E-state index contributed by atoms with van der Waals surface area (Å²) in [4.78, 5) is 33.3. The third-order valence-electron chi connectivity index (χ3n) is 1.55. The van der Waals surface area contributed by atoms with Gasteiger partial charge in [0.1, 0.15) is 0 Å². The molecule has 0 saturated heterocycles. The standard InChI is InChI=1S/C6H16N2.H4O7P2/c1-3-8(4-2)6-5-7;1-8(2,3)7-9(4,5)6/h3-7H2,1-2H3;(H2,1,2,3)(H2,4,5,6). The lowest BCUT2D eigenvalue weighted by molar-refractivity contribution is 0.225. The first-order chi connectivity index (χ1) is 7.55. The molecule has 0 radical (unpaired) electrons. The van der Waals surface area contributed by atoms with Gasteiger partial charge in [-0.25, -0.2) is 9.13 Å². The van der Waals surface area contributed by atoms with Crippen LogP contribution in [0.15, 0.2) is 0 Å². The molecule has 0 aliphatic rings. The number of likely N-dealkylation sites (N-methyl/N-ethyl adjacent to an activating group) is 1. The second-order valence-corrected chi connectivity index (χ2v) is 5.49. The minimum absolute atomic E-state index is 0.779. The Labute approximate surface area is 100 Å². The molecule has 0 heterocycles. The summed E-state index contributed by atoms with van der Waals surface area (Å²) < 4.78 is 22.2. The summed E-state index contributed by atoms with van der Waals surface area (Å²) in [6.45, 7) is 8.36. The average molecular weight is 294 g/mol. The van der Waals surface area contributed by atoms with Gasteiger partial charge in [0.2, 0.25) is 0 Å². The zero-order valence-corrected chi connectivity index (χ0v) is 11.5. The molecular formula is C6H20N2O7P2. The summed E-state index contributed by atoms with van der Waals surface area (Å²) in [6, 6.07) is 0. The molecule has 6 N–H and O–H groups in total. The number of nitrogens with two attached hydrogens (primary N) is 1. The highest BCUT2D eigenvalue weighted by Gasteiger charge is 2.27. The second kappa shape index (κ2) is 9.16. The summed E-state index contributed by atoms with van der Waals surface area (Å²) in [7, 11) is -10.1. The highest BCUT2D eigenvalue weighted by Crippen LogP contribution is 2.53. The van der Waals surface area contributed by atoms with E-state index >= 15 is 0 Å². The highest BCUT2D eigenvalue weighted by molar-refractivity contribution is 7.60. The van der Waals surface area contributed by atoms with E-state index in [9.17, 15) is 9.13 Å². The van der Waals surface area contributed by atoms with Crippen molar-refractivity contribution in [3.8, 4) is 0 Å². The van der Waals surface area contributed by atoms with Crippen molar-refractivity contribution >= 4 is 15.6 Å². The van der Waals surface area contributed by atoms with Gasteiger partial charge in [0.25, 0.3) is 0 Å². The van der Waals surface area contributed by atoms with E-state index in [2.05, 4.69) is 23.1 Å². The largest absolute Gasteiger partial charge is 0.478 e. The van der Waals surface area contributed by atoms with Gasteiger partial charge in [-0.2, -0.15) is 4.31 Å². The molecule has 0 amide bonds. The molecule has 0 spiro atoms. The monoisotopic (exact) mass is 294 g/mol. The van der Waals surface area contributed by atoms with Gasteiger partial charge in [-0.1, -0.05) is 13.8 Å². The van der Waals surface area contributed by atoms with Crippen molar-refractivity contribution in [3.05, 3.63) is 0 Å². The SMILES string of the molecule is CCN(CC)CCN.O=P(O)(O)OP(=O)(O)O. The zero-order chi connectivity index (χ0) is 14.1.